The highest BCUT2D eigenvalue weighted by Gasteiger charge is 2.29. The number of thioether (sulfide) groups is 1. The van der Waals surface area contributed by atoms with E-state index in [1.807, 2.05) is 36.4 Å². The van der Waals surface area contributed by atoms with E-state index in [1.54, 1.807) is 23.8 Å². The third kappa shape index (κ3) is 4.89. The molecule has 5 rings (SSSR count). The van der Waals surface area contributed by atoms with Crippen LogP contribution in [0.4, 0.5) is 0 Å². The minimum absolute atomic E-state index is 0.0261. The number of rotatable bonds is 7. The molecule has 4 aromatic rings. The lowest BCUT2D eigenvalue weighted by atomic mass is 9.96. The number of fused-ring (bicyclic) bond motifs is 3. The Hall–Kier alpha value is -2.46. The molecule has 0 spiro atoms. The summed E-state index contributed by atoms with van der Waals surface area (Å²) < 4.78 is 13.9. The largest absolute Gasteiger partial charge is 0.497 e. The van der Waals surface area contributed by atoms with Crippen molar-refractivity contribution in [2.75, 3.05) is 12.9 Å². The standard InChI is InChI=1S/C27H25BrN2O4S2/c1-15(2)22-12-20-23(13-34-22)36-25-24(20)26(32)30(18-8-10-19(33-3)11-9-18)27(29-25)35-14-21(31)16-4-6-17(28)7-5-16/h4-11,15,22H,12-14H2,1-3H3/t22-/m1/s1. The average Bonchev–Trinajstić information content (AvgIpc) is 3.25. The van der Waals surface area contributed by atoms with E-state index in [4.69, 9.17) is 14.5 Å². The third-order valence-electron chi connectivity index (χ3n) is 6.28. The lowest BCUT2D eigenvalue weighted by Gasteiger charge is -2.26. The molecular weight excluding hydrogens is 560 g/mol. The van der Waals surface area contributed by atoms with Crippen molar-refractivity contribution in [2.24, 2.45) is 5.92 Å². The van der Waals surface area contributed by atoms with Gasteiger partial charge in [-0.25, -0.2) is 4.98 Å². The number of ether oxygens (including phenoxy) is 2. The third-order valence-corrected chi connectivity index (χ3v) is 8.85. The predicted molar refractivity (Wildman–Crippen MR) is 148 cm³/mol. The summed E-state index contributed by atoms with van der Waals surface area (Å²) in [6, 6.07) is 14.6. The van der Waals surface area contributed by atoms with E-state index >= 15 is 0 Å². The van der Waals surface area contributed by atoms with E-state index in [2.05, 4.69) is 29.8 Å². The molecule has 9 heteroatoms. The summed E-state index contributed by atoms with van der Waals surface area (Å²) >= 11 is 6.19. The van der Waals surface area contributed by atoms with Gasteiger partial charge in [-0.05, 0) is 47.9 Å². The molecule has 3 heterocycles. The van der Waals surface area contributed by atoms with Crippen LogP contribution in [0.1, 0.15) is 34.6 Å². The van der Waals surface area contributed by atoms with Crippen LogP contribution < -0.4 is 10.3 Å². The van der Waals surface area contributed by atoms with Crippen LogP contribution in [0.25, 0.3) is 15.9 Å². The van der Waals surface area contributed by atoms with Gasteiger partial charge in [0, 0.05) is 21.3 Å². The Morgan fingerprint density at radius 3 is 2.61 bits per heavy atom. The van der Waals surface area contributed by atoms with Crippen molar-refractivity contribution in [1.82, 2.24) is 9.55 Å². The van der Waals surface area contributed by atoms with Crippen LogP contribution in [0.15, 0.2) is 63.0 Å². The van der Waals surface area contributed by atoms with Crippen LogP contribution in [0, 0.1) is 5.92 Å². The molecule has 0 unspecified atom stereocenters. The first-order valence-corrected chi connectivity index (χ1v) is 14.2. The zero-order valence-electron chi connectivity index (χ0n) is 20.1. The normalized spacial score (nSPS) is 15.3. The highest BCUT2D eigenvalue weighted by Crippen LogP contribution is 2.36. The van der Waals surface area contributed by atoms with Gasteiger partial charge in [0.25, 0.3) is 5.56 Å². The van der Waals surface area contributed by atoms with Crippen LogP contribution in [0.5, 0.6) is 5.75 Å². The molecule has 1 aliphatic heterocycles. The molecular formula is C27H25BrN2O4S2. The molecule has 36 heavy (non-hydrogen) atoms. The summed E-state index contributed by atoms with van der Waals surface area (Å²) in [5.41, 5.74) is 2.22. The van der Waals surface area contributed by atoms with Gasteiger partial charge in [-0.1, -0.05) is 53.7 Å². The maximum Gasteiger partial charge on any atom is 0.267 e. The van der Waals surface area contributed by atoms with Gasteiger partial charge in [-0.3, -0.25) is 14.2 Å². The fourth-order valence-corrected chi connectivity index (χ4v) is 6.58. The Kier molecular flexibility index (Phi) is 7.35. The minimum atomic E-state index is -0.120. The van der Waals surface area contributed by atoms with Gasteiger partial charge in [0.1, 0.15) is 10.6 Å². The Morgan fingerprint density at radius 1 is 1.22 bits per heavy atom. The molecule has 0 aliphatic carbocycles. The highest BCUT2D eigenvalue weighted by molar-refractivity contribution is 9.10. The van der Waals surface area contributed by atoms with E-state index in [0.29, 0.717) is 51.3 Å². The quantitative estimate of drug-likeness (QED) is 0.144. The van der Waals surface area contributed by atoms with Gasteiger partial charge >= 0.3 is 0 Å². The second kappa shape index (κ2) is 10.5. The Bertz CT molecular complexity index is 1480. The van der Waals surface area contributed by atoms with Gasteiger partial charge in [0.05, 0.1) is 36.6 Å². The van der Waals surface area contributed by atoms with E-state index < -0.39 is 0 Å². The summed E-state index contributed by atoms with van der Waals surface area (Å²) in [4.78, 5) is 33.6. The summed E-state index contributed by atoms with van der Waals surface area (Å²) in [6.45, 7) is 4.76. The molecule has 0 saturated heterocycles. The van der Waals surface area contributed by atoms with Gasteiger partial charge in [0.15, 0.2) is 10.9 Å². The number of aromatic nitrogens is 2. The van der Waals surface area contributed by atoms with Crippen LogP contribution in [-0.2, 0) is 17.8 Å². The number of hydrogen-bond acceptors (Lipinski definition) is 7. The smallest absolute Gasteiger partial charge is 0.267 e. The van der Waals surface area contributed by atoms with Gasteiger partial charge in [-0.2, -0.15) is 0 Å². The zero-order chi connectivity index (χ0) is 25.4. The monoisotopic (exact) mass is 584 g/mol. The number of halogens is 1. The molecule has 1 aliphatic rings. The Balaban J connectivity index is 1.59. The Morgan fingerprint density at radius 2 is 1.94 bits per heavy atom. The van der Waals surface area contributed by atoms with Crippen LogP contribution in [-0.4, -0.2) is 34.3 Å². The van der Waals surface area contributed by atoms with Crippen LogP contribution >= 0.6 is 39.0 Å². The van der Waals surface area contributed by atoms with E-state index in [0.717, 1.165) is 14.9 Å². The van der Waals surface area contributed by atoms with Gasteiger partial charge in [0.2, 0.25) is 0 Å². The van der Waals surface area contributed by atoms with Crippen molar-refractivity contribution in [1.29, 1.82) is 0 Å². The molecule has 0 saturated carbocycles. The second-order valence-electron chi connectivity index (χ2n) is 8.93. The van der Waals surface area contributed by atoms with E-state index in [-0.39, 0.29) is 23.2 Å². The second-order valence-corrected chi connectivity index (χ2v) is 11.9. The van der Waals surface area contributed by atoms with Crippen LogP contribution in [0.2, 0.25) is 0 Å². The van der Waals surface area contributed by atoms with Crippen molar-refractivity contribution in [2.45, 2.75) is 38.1 Å². The maximum absolute atomic E-state index is 14.0. The number of hydrogen-bond donors (Lipinski definition) is 0. The molecule has 0 radical (unpaired) electrons. The molecule has 0 fully saturated rings. The number of carbonyl (C=O) groups excluding carboxylic acids is 1. The first-order chi connectivity index (χ1) is 17.4. The lowest BCUT2D eigenvalue weighted by molar-refractivity contribution is 0.00200. The van der Waals surface area contributed by atoms with Crippen molar-refractivity contribution in [3.63, 3.8) is 0 Å². The van der Waals surface area contributed by atoms with Crippen molar-refractivity contribution in [3.8, 4) is 11.4 Å². The summed E-state index contributed by atoms with van der Waals surface area (Å²) in [7, 11) is 1.61. The first-order valence-electron chi connectivity index (χ1n) is 11.6. The number of thiophene rings is 1. The van der Waals surface area contributed by atoms with Crippen molar-refractivity contribution in [3.05, 3.63) is 79.4 Å². The van der Waals surface area contributed by atoms with Crippen LogP contribution in [0.3, 0.4) is 0 Å². The predicted octanol–water partition coefficient (Wildman–Crippen LogP) is 6.29. The molecule has 186 valence electrons. The average molecular weight is 586 g/mol. The fraction of sp³-hybridized carbons (Fsp3) is 0.296. The molecule has 0 N–H and O–H groups in total. The highest BCUT2D eigenvalue weighted by atomic mass is 79.9. The van der Waals surface area contributed by atoms with Crippen molar-refractivity contribution >= 4 is 55.0 Å². The van der Waals surface area contributed by atoms with Gasteiger partial charge in [-0.15, -0.1) is 11.3 Å². The number of carbonyl (C=O) groups is 1. The number of Topliss-reactive ketones (excluding diaryl/α,β-unsaturated/α-hetero) is 1. The molecule has 2 aromatic carbocycles. The molecule has 0 bridgehead atoms. The number of nitrogens with zero attached hydrogens (tertiary/aromatic N) is 2. The van der Waals surface area contributed by atoms with Crippen molar-refractivity contribution < 1.29 is 14.3 Å². The molecule has 1 atom stereocenters. The first kappa shape index (κ1) is 25.2. The fourth-order valence-electron chi connectivity index (χ4n) is 4.24. The van der Waals surface area contributed by atoms with E-state index in [1.165, 1.54) is 23.1 Å². The number of methoxy groups -OCH3 is 1. The van der Waals surface area contributed by atoms with Gasteiger partial charge < -0.3 is 9.47 Å². The SMILES string of the molecule is COc1ccc(-n2c(SCC(=O)c3ccc(Br)cc3)nc3sc4c(c3c2=O)C[C@H](C(C)C)OC4)cc1. The number of benzene rings is 2. The zero-order valence-corrected chi connectivity index (χ0v) is 23.3. The number of ketones is 1. The molecule has 0 amide bonds. The Labute approximate surface area is 225 Å². The summed E-state index contributed by atoms with van der Waals surface area (Å²) in [5, 5.41) is 1.14. The maximum atomic E-state index is 14.0. The minimum Gasteiger partial charge on any atom is -0.497 e. The van der Waals surface area contributed by atoms with E-state index in [9.17, 15) is 9.59 Å². The molecule has 2 aromatic heterocycles. The molecule has 6 nitrogen and oxygen atoms in total. The topological polar surface area (TPSA) is 70.4 Å². The lowest BCUT2D eigenvalue weighted by Crippen LogP contribution is -2.28. The summed E-state index contributed by atoms with van der Waals surface area (Å²) in [5.74, 6) is 1.19. The summed E-state index contributed by atoms with van der Waals surface area (Å²) in [6.07, 6.45) is 0.767.